The number of fused-ring (bicyclic) bond motifs is 2. The number of ether oxygens (including phenoxy) is 1. The molecule has 3 aliphatic rings. The fourth-order valence-corrected chi connectivity index (χ4v) is 6.02. The van der Waals surface area contributed by atoms with Crippen LogP contribution in [0.15, 0.2) is 48.8 Å². The maximum Gasteiger partial charge on any atom is 0.227 e. The number of benzene rings is 1. The van der Waals surface area contributed by atoms with E-state index >= 15 is 0 Å². The molecule has 0 radical (unpaired) electrons. The summed E-state index contributed by atoms with van der Waals surface area (Å²) in [5, 5.41) is 3.41. The number of piperazine rings is 1. The van der Waals surface area contributed by atoms with Crippen molar-refractivity contribution in [1.82, 2.24) is 19.9 Å². The second-order valence-corrected chi connectivity index (χ2v) is 10.9. The third-order valence-corrected chi connectivity index (χ3v) is 7.75. The fraction of sp³-hybridized carbons (Fsp3) is 0.483. The van der Waals surface area contributed by atoms with E-state index in [-0.39, 0.29) is 0 Å². The Morgan fingerprint density at radius 1 is 1.03 bits per heavy atom. The predicted octanol–water partition coefficient (Wildman–Crippen LogP) is 4.35. The van der Waals surface area contributed by atoms with Crippen molar-refractivity contribution in [3.63, 3.8) is 0 Å². The van der Waals surface area contributed by atoms with Crippen LogP contribution in [0.5, 0.6) is 0 Å². The average molecular weight is 500 g/mol. The molecule has 6 rings (SSSR count). The number of rotatable bonds is 7. The Hall–Kier alpha value is -3.23. The van der Waals surface area contributed by atoms with Crippen molar-refractivity contribution >= 4 is 23.1 Å². The van der Waals surface area contributed by atoms with E-state index in [2.05, 4.69) is 81.1 Å². The normalized spacial score (nSPS) is 21.7. The molecule has 3 fully saturated rings. The first kappa shape index (κ1) is 24.1. The zero-order valence-electron chi connectivity index (χ0n) is 22.1. The summed E-state index contributed by atoms with van der Waals surface area (Å²) >= 11 is 0. The highest BCUT2D eigenvalue weighted by Gasteiger charge is 2.43. The Kier molecular flexibility index (Phi) is 6.69. The largest absolute Gasteiger partial charge is 0.378 e. The molecule has 3 aliphatic heterocycles. The van der Waals surface area contributed by atoms with Crippen LogP contribution in [0.2, 0.25) is 0 Å². The zero-order valence-corrected chi connectivity index (χ0v) is 22.1. The summed E-state index contributed by atoms with van der Waals surface area (Å²) in [6.07, 6.45) is 4.97. The van der Waals surface area contributed by atoms with E-state index in [1.165, 1.54) is 30.8 Å². The highest BCUT2D eigenvalue weighted by Crippen LogP contribution is 2.37. The highest BCUT2D eigenvalue weighted by molar-refractivity contribution is 5.66. The van der Waals surface area contributed by atoms with Crippen LogP contribution >= 0.6 is 0 Å². The van der Waals surface area contributed by atoms with E-state index in [9.17, 15) is 0 Å². The van der Waals surface area contributed by atoms with Gasteiger partial charge in [-0.3, -0.25) is 4.90 Å². The third kappa shape index (κ3) is 5.13. The highest BCUT2D eigenvalue weighted by atomic mass is 16.5. The van der Waals surface area contributed by atoms with Gasteiger partial charge in [-0.25, -0.2) is 15.0 Å². The van der Waals surface area contributed by atoms with Gasteiger partial charge in [0.2, 0.25) is 5.95 Å². The third-order valence-electron chi connectivity index (χ3n) is 7.75. The molecule has 2 atom stereocenters. The second-order valence-electron chi connectivity index (χ2n) is 10.9. The lowest BCUT2D eigenvalue weighted by atomic mass is 10.1. The fourth-order valence-electron chi connectivity index (χ4n) is 6.02. The minimum absolute atomic E-state index is 0.589. The molecule has 2 aromatic heterocycles. The summed E-state index contributed by atoms with van der Waals surface area (Å²) in [5.41, 5.74) is 5.47. The number of hydrogen-bond donors (Lipinski definition) is 1. The van der Waals surface area contributed by atoms with Gasteiger partial charge < -0.3 is 19.9 Å². The van der Waals surface area contributed by atoms with Crippen LogP contribution in [-0.4, -0.2) is 77.9 Å². The lowest BCUT2D eigenvalue weighted by Crippen LogP contribution is -2.47. The van der Waals surface area contributed by atoms with Crippen LogP contribution in [0.1, 0.15) is 25.8 Å². The molecule has 8 nitrogen and oxygen atoms in total. The summed E-state index contributed by atoms with van der Waals surface area (Å²) in [5.74, 6) is 2.30. The molecule has 3 saturated heterocycles. The summed E-state index contributed by atoms with van der Waals surface area (Å²) in [7, 11) is 0. The summed E-state index contributed by atoms with van der Waals surface area (Å²) in [4.78, 5) is 21.4. The van der Waals surface area contributed by atoms with E-state index in [1.807, 2.05) is 12.3 Å². The average Bonchev–Trinajstić information content (AvgIpc) is 3.50. The summed E-state index contributed by atoms with van der Waals surface area (Å²) in [6.45, 7) is 13.6. The van der Waals surface area contributed by atoms with E-state index in [1.54, 1.807) is 6.20 Å². The summed E-state index contributed by atoms with van der Waals surface area (Å²) < 4.78 is 5.45. The van der Waals surface area contributed by atoms with Crippen LogP contribution in [0, 0.1) is 12.8 Å². The quantitative estimate of drug-likeness (QED) is 0.515. The van der Waals surface area contributed by atoms with Crippen molar-refractivity contribution in [1.29, 1.82) is 0 Å². The van der Waals surface area contributed by atoms with Gasteiger partial charge in [-0.1, -0.05) is 13.8 Å². The topological polar surface area (TPSA) is 69.6 Å². The molecule has 2 unspecified atom stereocenters. The molecule has 2 bridgehead atoms. The summed E-state index contributed by atoms with van der Waals surface area (Å²) in [6, 6.07) is 14.0. The Balaban J connectivity index is 1.12. The Morgan fingerprint density at radius 2 is 1.89 bits per heavy atom. The minimum atomic E-state index is 0.589. The van der Waals surface area contributed by atoms with Gasteiger partial charge in [0.05, 0.1) is 18.9 Å². The van der Waals surface area contributed by atoms with E-state index in [0.29, 0.717) is 18.0 Å². The van der Waals surface area contributed by atoms with Crippen molar-refractivity contribution in [2.24, 2.45) is 5.92 Å². The van der Waals surface area contributed by atoms with Crippen molar-refractivity contribution in [2.45, 2.75) is 39.3 Å². The number of anilines is 4. The number of aromatic nitrogens is 3. The second kappa shape index (κ2) is 10.3. The van der Waals surface area contributed by atoms with Gasteiger partial charge in [-0.05, 0) is 61.2 Å². The number of hydrogen-bond acceptors (Lipinski definition) is 8. The van der Waals surface area contributed by atoms with E-state index in [0.717, 1.165) is 61.5 Å². The zero-order chi connectivity index (χ0) is 25.4. The first-order valence-electron chi connectivity index (χ1n) is 13.5. The number of pyridine rings is 1. The van der Waals surface area contributed by atoms with Crippen molar-refractivity contribution < 1.29 is 4.74 Å². The first-order valence-corrected chi connectivity index (χ1v) is 13.5. The number of nitrogens with one attached hydrogen (secondary N) is 1. The Labute approximate surface area is 219 Å². The first-order chi connectivity index (χ1) is 18.0. The maximum absolute atomic E-state index is 5.45. The Morgan fingerprint density at radius 3 is 2.59 bits per heavy atom. The van der Waals surface area contributed by atoms with E-state index in [4.69, 9.17) is 9.72 Å². The molecule has 0 spiro atoms. The monoisotopic (exact) mass is 499 g/mol. The van der Waals surface area contributed by atoms with Crippen LogP contribution in [-0.2, 0) is 4.74 Å². The molecule has 0 aliphatic carbocycles. The van der Waals surface area contributed by atoms with Gasteiger partial charge in [-0.15, -0.1) is 0 Å². The van der Waals surface area contributed by atoms with Gasteiger partial charge >= 0.3 is 0 Å². The predicted molar refractivity (Wildman–Crippen MR) is 149 cm³/mol. The molecule has 0 amide bonds. The molecule has 194 valence electrons. The van der Waals surface area contributed by atoms with Gasteiger partial charge in [0.15, 0.2) is 0 Å². The van der Waals surface area contributed by atoms with Gasteiger partial charge in [-0.2, -0.15) is 0 Å². The standard InChI is InChI=1S/C29H37N7O/c1-20(2)17-35-18-25-15-24(35)19-36(25)27-6-5-23(14-21(27)3)32-29-30-9-8-26(33-29)22-4-7-28(31-16-22)34-10-12-37-13-11-34/h4-9,14,16,20,24-25H,10-13,15,17-19H2,1-3H3,(H,30,32,33). The van der Waals surface area contributed by atoms with Crippen molar-refractivity contribution in [3.8, 4) is 11.3 Å². The lowest BCUT2D eigenvalue weighted by molar-refractivity contribution is 0.122. The van der Waals surface area contributed by atoms with Crippen LogP contribution in [0.25, 0.3) is 11.3 Å². The van der Waals surface area contributed by atoms with Crippen LogP contribution < -0.4 is 15.1 Å². The van der Waals surface area contributed by atoms with Crippen molar-refractivity contribution in [3.05, 3.63) is 54.4 Å². The molecular weight excluding hydrogens is 462 g/mol. The molecule has 0 saturated carbocycles. The van der Waals surface area contributed by atoms with Gasteiger partial charge in [0, 0.05) is 74.1 Å². The molecular formula is C29H37N7O. The number of nitrogens with zero attached hydrogens (tertiary/aromatic N) is 6. The van der Waals surface area contributed by atoms with Gasteiger partial charge in [0.1, 0.15) is 5.82 Å². The van der Waals surface area contributed by atoms with E-state index < -0.39 is 0 Å². The SMILES string of the molecule is Cc1cc(Nc2nccc(-c3ccc(N4CCOCC4)nc3)n2)ccc1N1CC2CC1CN2CC(C)C. The van der Waals surface area contributed by atoms with Crippen molar-refractivity contribution in [2.75, 3.05) is 61.1 Å². The Bertz CT molecular complexity index is 1230. The van der Waals surface area contributed by atoms with Crippen LogP contribution in [0.4, 0.5) is 23.1 Å². The minimum Gasteiger partial charge on any atom is -0.378 e. The molecule has 1 N–H and O–H groups in total. The molecule has 5 heterocycles. The number of aryl methyl sites for hydroxylation is 1. The number of likely N-dealkylation sites (tertiary alicyclic amines) is 1. The molecule has 8 heteroatoms. The maximum atomic E-state index is 5.45. The molecule has 1 aromatic carbocycles. The van der Waals surface area contributed by atoms with Crippen LogP contribution in [0.3, 0.4) is 0 Å². The molecule has 3 aromatic rings. The lowest BCUT2D eigenvalue weighted by Gasteiger charge is -2.37. The molecule has 37 heavy (non-hydrogen) atoms. The van der Waals surface area contributed by atoms with Gasteiger partial charge in [0.25, 0.3) is 0 Å². The smallest absolute Gasteiger partial charge is 0.227 e. The number of morpholine rings is 1.